The van der Waals surface area contributed by atoms with Gasteiger partial charge in [-0.1, -0.05) is 12.8 Å². The average Bonchev–Trinajstić information content (AvgIpc) is 2.84. The molecule has 2 fully saturated rings. The fourth-order valence-electron chi connectivity index (χ4n) is 2.88. The Morgan fingerprint density at radius 2 is 2.12 bits per heavy atom. The minimum absolute atomic E-state index is 0.128. The molecule has 2 unspecified atom stereocenters. The molecule has 86 valence electrons. The lowest BCUT2D eigenvalue weighted by atomic mass is 10.0. The SMILES string of the molecule is CCn1ccnc1C(=O)N1C2CCCCC21. The third-order valence-electron chi connectivity index (χ3n) is 3.80. The van der Waals surface area contributed by atoms with Crippen molar-refractivity contribution in [2.24, 2.45) is 0 Å². The third kappa shape index (κ3) is 1.36. The van der Waals surface area contributed by atoms with E-state index in [4.69, 9.17) is 0 Å². The van der Waals surface area contributed by atoms with Crippen molar-refractivity contribution in [2.45, 2.75) is 51.2 Å². The molecule has 0 radical (unpaired) electrons. The van der Waals surface area contributed by atoms with Gasteiger partial charge >= 0.3 is 0 Å². The number of hydrogen-bond acceptors (Lipinski definition) is 2. The Morgan fingerprint density at radius 3 is 2.75 bits per heavy atom. The fraction of sp³-hybridized carbons (Fsp3) is 0.667. The standard InChI is InChI=1S/C12H17N3O/c1-2-14-8-7-13-11(14)12(16)15-9-5-3-4-6-10(9)15/h7-10H,2-6H2,1H3. The van der Waals surface area contributed by atoms with Crippen LogP contribution in [0, 0.1) is 0 Å². The van der Waals surface area contributed by atoms with E-state index in [2.05, 4.69) is 4.98 Å². The highest BCUT2D eigenvalue weighted by molar-refractivity contribution is 5.93. The second-order valence-electron chi connectivity index (χ2n) is 4.67. The van der Waals surface area contributed by atoms with Crippen molar-refractivity contribution in [3.05, 3.63) is 18.2 Å². The molecule has 1 saturated carbocycles. The van der Waals surface area contributed by atoms with Crippen molar-refractivity contribution >= 4 is 5.91 Å². The number of rotatable bonds is 2. The molecule has 1 amide bonds. The summed E-state index contributed by atoms with van der Waals surface area (Å²) in [6, 6.07) is 1.03. The molecule has 0 spiro atoms. The van der Waals surface area contributed by atoms with Crippen molar-refractivity contribution in [2.75, 3.05) is 0 Å². The van der Waals surface area contributed by atoms with Crippen LogP contribution < -0.4 is 0 Å². The molecular weight excluding hydrogens is 202 g/mol. The molecule has 0 N–H and O–H groups in total. The van der Waals surface area contributed by atoms with Gasteiger partial charge < -0.3 is 9.47 Å². The highest BCUT2D eigenvalue weighted by Crippen LogP contribution is 2.41. The maximum absolute atomic E-state index is 12.3. The number of imidazole rings is 1. The predicted octanol–water partition coefficient (Wildman–Crippen LogP) is 1.67. The van der Waals surface area contributed by atoms with Crippen molar-refractivity contribution in [3.63, 3.8) is 0 Å². The summed E-state index contributed by atoms with van der Waals surface area (Å²) in [5, 5.41) is 0. The van der Waals surface area contributed by atoms with Crippen LogP contribution in [-0.2, 0) is 6.54 Å². The van der Waals surface area contributed by atoms with Crippen LogP contribution in [0.5, 0.6) is 0 Å². The van der Waals surface area contributed by atoms with Gasteiger partial charge in [-0.05, 0) is 19.8 Å². The number of fused-ring (bicyclic) bond motifs is 1. The molecule has 0 bridgehead atoms. The number of amides is 1. The summed E-state index contributed by atoms with van der Waals surface area (Å²) in [6.45, 7) is 2.85. The first-order chi connectivity index (χ1) is 7.83. The van der Waals surface area contributed by atoms with Gasteiger partial charge in [-0.2, -0.15) is 0 Å². The minimum atomic E-state index is 0.128. The predicted molar refractivity (Wildman–Crippen MR) is 60.1 cm³/mol. The largest absolute Gasteiger partial charge is 0.327 e. The van der Waals surface area contributed by atoms with E-state index in [-0.39, 0.29) is 5.91 Å². The summed E-state index contributed by atoms with van der Waals surface area (Å²) in [6.07, 6.45) is 8.50. The van der Waals surface area contributed by atoms with E-state index in [1.54, 1.807) is 6.20 Å². The quantitative estimate of drug-likeness (QED) is 0.710. The summed E-state index contributed by atoms with van der Waals surface area (Å²) in [7, 11) is 0. The number of aryl methyl sites for hydroxylation is 1. The first-order valence-corrected chi connectivity index (χ1v) is 6.16. The lowest BCUT2D eigenvalue weighted by Crippen LogP contribution is -2.19. The van der Waals surface area contributed by atoms with Crippen molar-refractivity contribution in [1.29, 1.82) is 0 Å². The van der Waals surface area contributed by atoms with Gasteiger partial charge in [0, 0.05) is 18.9 Å². The van der Waals surface area contributed by atoms with Gasteiger partial charge in [0.1, 0.15) is 0 Å². The van der Waals surface area contributed by atoms with Crippen LogP contribution in [-0.4, -0.2) is 32.4 Å². The molecule has 1 aromatic heterocycles. The first kappa shape index (κ1) is 9.87. The van der Waals surface area contributed by atoms with E-state index in [9.17, 15) is 4.79 Å². The van der Waals surface area contributed by atoms with Gasteiger partial charge in [-0.3, -0.25) is 4.79 Å². The highest BCUT2D eigenvalue weighted by atomic mass is 16.2. The average molecular weight is 219 g/mol. The molecule has 2 aliphatic rings. The summed E-state index contributed by atoms with van der Waals surface area (Å²) in [4.78, 5) is 18.5. The molecule has 2 heterocycles. The second-order valence-corrected chi connectivity index (χ2v) is 4.67. The monoisotopic (exact) mass is 219 g/mol. The van der Waals surface area contributed by atoms with E-state index in [0.29, 0.717) is 17.9 Å². The molecule has 2 atom stereocenters. The summed E-state index contributed by atoms with van der Waals surface area (Å²) < 4.78 is 1.92. The minimum Gasteiger partial charge on any atom is -0.327 e. The number of carbonyl (C=O) groups is 1. The van der Waals surface area contributed by atoms with E-state index in [0.717, 1.165) is 6.54 Å². The Bertz CT molecular complexity index is 400. The van der Waals surface area contributed by atoms with Crippen molar-refractivity contribution in [3.8, 4) is 0 Å². The Balaban J connectivity index is 1.79. The second kappa shape index (κ2) is 3.61. The zero-order chi connectivity index (χ0) is 11.1. The molecule has 0 aromatic carbocycles. The Kier molecular flexibility index (Phi) is 2.23. The molecule has 4 nitrogen and oxygen atoms in total. The third-order valence-corrected chi connectivity index (χ3v) is 3.80. The van der Waals surface area contributed by atoms with Crippen LogP contribution >= 0.6 is 0 Å². The maximum atomic E-state index is 12.3. The highest BCUT2D eigenvalue weighted by Gasteiger charge is 2.52. The van der Waals surface area contributed by atoms with Crippen LogP contribution in [0.15, 0.2) is 12.4 Å². The molecular formula is C12H17N3O. The van der Waals surface area contributed by atoms with Gasteiger partial charge in [0.05, 0.1) is 12.1 Å². The van der Waals surface area contributed by atoms with Crippen LogP contribution in [0.3, 0.4) is 0 Å². The number of carbonyl (C=O) groups excluding carboxylic acids is 1. The lowest BCUT2D eigenvalue weighted by molar-refractivity contribution is 0.0849. The van der Waals surface area contributed by atoms with Crippen LogP contribution in [0.1, 0.15) is 43.2 Å². The number of hydrogen-bond donors (Lipinski definition) is 0. The molecule has 1 aliphatic heterocycles. The van der Waals surface area contributed by atoms with Gasteiger partial charge in [-0.25, -0.2) is 4.98 Å². The van der Waals surface area contributed by atoms with Crippen LogP contribution in [0.2, 0.25) is 0 Å². The zero-order valence-corrected chi connectivity index (χ0v) is 9.59. The van der Waals surface area contributed by atoms with Gasteiger partial charge in [0.15, 0.2) is 5.82 Å². The fourth-order valence-corrected chi connectivity index (χ4v) is 2.88. The summed E-state index contributed by atoms with van der Waals surface area (Å²) in [5.74, 6) is 0.737. The van der Waals surface area contributed by atoms with E-state index in [1.165, 1.54) is 25.7 Å². The first-order valence-electron chi connectivity index (χ1n) is 6.16. The summed E-state index contributed by atoms with van der Waals surface area (Å²) in [5.41, 5.74) is 0. The number of likely N-dealkylation sites (tertiary alicyclic amines) is 1. The summed E-state index contributed by atoms with van der Waals surface area (Å²) >= 11 is 0. The topological polar surface area (TPSA) is 37.9 Å². The maximum Gasteiger partial charge on any atom is 0.290 e. The van der Waals surface area contributed by atoms with E-state index < -0.39 is 0 Å². The van der Waals surface area contributed by atoms with Gasteiger partial charge in [0.25, 0.3) is 5.91 Å². The van der Waals surface area contributed by atoms with E-state index >= 15 is 0 Å². The van der Waals surface area contributed by atoms with Gasteiger partial charge in [0.2, 0.25) is 0 Å². The number of aromatic nitrogens is 2. The Morgan fingerprint density at radius 1 is 1.44 bits per heavy atom. The normalized spacial score (nSPS) is 27.7. The molecule has 1 aliphatic carbocycles. The van der Waals surface area contributed by atoms with Crippen molar-refractivity contribution < 1.29 is 4.79 Å². The Hall–Kier alpha value is -1.32. The molecule has 16 heavy (non-hydrogen) atoms. The van der Waals surface area contributed by atoms with Crippen LogP contribution in [0.4, 0.5) is 0 Å². The Labute approximate surface area is 95.3 Å². The smallest absolute Gasteiger partial charge is 0.290 e. The number of nitrogens with zero attached hydrogens (tertiary/aromatic N) is 3. The zero-order valence-electron chi connectivity index (χ0n) is 9.59. The van der Waals surface area contributed by atoms with Crippen LogP contribution in [0.25, 0.3) is 0 Å². The lowest BCUT2D eigenvalue weighted by Gasteiger charge is -2.05. The van der Waals surface area contributed by atoms with Gasteiger partial charge in [-0.15, -0.1) is 0 Å². The molecule has 1 aromatic rings. The van der Waals surface area contributed by atoms with Crippen molar-refractivity contribution in [1.82, 2.24) is 14.5 Å². The van der Waals surface area contributed by atoms with E-state index in [1.807, 2.05) is 22.6 Å². The molecule has 4 heteroatoms. The molecule has 3 rings (SSSR count). The molecule has 1 saturated heterocycles.